The molecule has 0 amide bonds. The number of rotatable bonds is 5. The highest BCUT2D eigenvalue weighted by Gasteiger charge is 2.20. The van der Waals surface area contributed by atoms with Crippen LogP contribution in [0.4, 0.5) is 5.82 Å². The average molecular weight is 308 g/mol. The molecule has 20 heavy (non-hydrogen) atoms. The third-order valence-corrected chi connectivity index (χ3v) is 3.83. The van der Waals surface area contributed by atoms with E-state index >= 15 is 0 Å². The lowest BCUT2D eigenvalue weighted by atomic mass is 9.94. The molecule has 1 atom stereocenters. The molecule has 0 saturated heterocycles. The second-order valence-electron chi connectivity index (χ2n) is 4.05. The van der Waals surface area contributed by atoms with Crippen molar-refractivity contribution in [2.24, 2.45) is 0 Å². The Kier molecular flexibility index (Phi) is 4.98. The number of benzene rings is 1. The van der Waals surface area contributed by atoms with Crippen LogP contribution in [0.15, 0.2) is 35.6 Å². The van der Waals surface area contributed by atoms with E-state index in [0.29, 0.717) is 21.6 Å². The van der Waals surface area contributed by atoms with Gasteiger partial charge in [-0.05, 0) is 17.9 Å². The summed E-state index contributed by atoms with van der Waals surface area (Å²) < 4.78 is 0. The maximum absolute atomic E-state index is 11.5. The van der Waals surface area contributed by atoms with E-state index in [2.05, 4.69) is 15.3 Å². The number of hydrogen-bond donors (Lipinski definition) is 1. The molecule has 1 N–H and O–H groups in total. The van der Waals surface area contributed by atoms with Gasteiger partial charge in [0.25, 0.3) is 0 Å². The van der Waals surface area contributed by atoms with Crippen LogP contribution >= 0.6 is 23.4 Å². The van der Waals surface area contributed by atoms with Gasteiger partial charge in [-0.25, -0.2) is 9.97 Å². The van der Waals surface area contributed by atoms with Crippen molar-refractivity contribution in [2.45, 2.75) is 11.1 Å². The summed E-state index contributed by atoms with van der Waals surface area (Å²) in [6.07, 6.45) is 4.44. The third-order valence-electron chi connectivity index (χ3n) is 2.93. The van der Waals surface area contributed by atoms with E-state index in [0.717, 1.165) is 11.8 Å². The Balaban J connectivity index is 2.52. The lowest BCUT2D eigenvalue weighted by molar-refractivity contribution is -0.108. The van der Waals surface area contributed by atoms with Crippen molar-refractivity contribution in [1.82, 2.24) is 9.97 Å². The van der Waals surface area contributed by atoms with Crippen molar-refractivity contribution in [3.8, 4) is 0 Å². The Morgan fingerprint density at radius 3 is 2.70 bits per heavy atom. The first-order chi connectivity index (χ1) is 9.71. The molecule has 1 aromatic carbocycles. The van der Waals surface area contributed by atoms with Crippen molar-refractivity contribution in [2.75, 3.05) is 18.6 Å². The maximum Gasteiger partial charge on any atom is 0.189 e. The molecule has 0 aliphatic heterocycles. The van der Waals surface area contributed by atoms with Crippen molar-refractivity contribution < 1.29 is 4.79 Å². The number of nitrogens with one attached hydrogen (secondary N) is 1. The number of nitrogens with zero attached hydrogens (tertiary/aromatic N) is 2. The first-order valence-corrected chi connectivity index (χ1v) is 7.60. The lowest BCUT2D eigenvalue weighted by Crippen LogP contribution is -2.09. The minimum Gasteiger partial charge on any atom is -0.373 e. The Bertz CT molecular complexity index is 621. The summed E-state index contributed by atoms with van der Waals surface area (Å²) in [4.78, 5) is 20.1. The average Bonchev–Trinajstić information content (AvgIpc) is 2.50. The molecule has 2 rings (SSSR count). The highest BCUT2D eigenvalue weighted by Crippen LogP contribution is 2.32. The van der Waals surface area contributed by atoms with Crippen LogP contribution in [0.1, 0.15) is 17.0 Å². The smallest absolute Gasteiger partial charge is 0.189 e. The zero-order chi connectivity index (χ0) is 14.5. The van der Waals surface area contributed by atoms with Crippen LogP contribution in [0.25, 0.3) is 0 Å². The summed E-state index contributed by atoms with van der Waals surface area (Å²) in [5.74, 6) is 0.156. The molecule has 0 aliphatic carbocycles. The molecule has 0 aliphatic rings. The minimum atomic E-state index is -0.484. The van der Waals surface area contributed by atoms with Gasteiger partial charge in [-0.2, -0.15) is 0 Å². The standard InChI is InChI=1S/C14H14ClN3OS/c1-16-13-10(7-17-14(18-13)20-2)11(8-19)9-5-3-4-6-12(9)15/h3-8,11H,1-2H3,(H,16,17,18). The summed E-state index contributed by atoms with van der Waals surface area (Å²) in [5, 5.41) is 4.22. The van der Waals surface area contributed by atoms with Crippen LogP contribution in [-0.2, 0) is 4.79 Å². The van der Waals surface area contributed by atoms with Gasteiger partial charge in [-0.3, -0.25) is 0 Å². The maximum atomic E-state index is 11.5. The number of aldehydes is 1. The second-order valence-corrected chi connectivity index (χ2v) is 5.23. The number of halogens is 1. The van der Waals surface area contributed by atoms with Gasteiger partial charge >= 0.3 is 0 Å². The van der Waals surface area contributed by atoms with E-state index in [-0.39, 0.29) is 0 Å². The SMILES string of the molecule is CNc1nc(SC)ncc1C(C=O)c1ccccc1Cl. The molecule has 4 nitrogen and oxygen atoms in total. The van der Waals surface area contributed by atoms with E-state index in [1.54, 1.807) is 19.3 Å². The molecule has 0 spiro atoms. The van der Waals surface area contributed by atoms with Crippen LogP contribution in [0.5, 0.6) is 0 Å². The summed E-state index contributed by atoms with van der Waals surface area (Å²) in [7, 11) is 1.77. The minimum absolute atomic E-state index is 0.484. The zero-order valence-electron chi connectivity index (χ0n) is 11.1. The largest absolute Gasteiger partial charge is 0.373 e. The van der Waals surface area contributed by atoms with Crippen molar-refractivity contribution in [1.29, 1.82) is 0 Å². The van der Waals surface area contributed by atoms with Gasteiger partial charge in [-0.15, -0.1) is 0 Å². The molecule has 0 radical (unpaired) electrons. The number of carbonyl (C=O) groups is 1. The third kappa shape index (κ3) is 2.94. The molecule has 6 heteroatoms. The molecule has 2 aromatic rings. The topological polar surface area (TPSA) is 54.9 Å². The highest BCUT2D eigenvalue weighted by molar-refractivity contribution is 7.98. The van der Waals surface area contributed by atoms with Gasteiger partial charge in [0.1, 0.15) is 12.1 Å². The van der Waals surface area contributed by atoms with Crippen LogP contribution in [-0.4, -0.2) is 29.6 Å². The molecule has 104 valence electrons. The summed E-state index contributed by atoms with van der Waals surface area (Å²) in [6.45, 7) is 0. The van der Waals surface area contributed by atoms with Gasteiger partial charge in [-0.1, -0.05) is 41.6 Å². The predicted molar refractivity (Wildman–Crippen MR) is 82.7 cm³/mol. The first-order valence-electron chi connectivity index (χ1n) is 5.99. The Morgan fingerprint density at radius 2 is 2.10 bits per heavy atom. The van der Waals surface area contributed by atoms with Crippen LogP contribution in [0.3, 0.4) is 0 Å². The quantitative estimate of drug-likeness (QED) is 0.522. The highest BCUT2D eigenvalue weighted by atomic mass is 35.5. The number of carbonyl (C=O) groups excluding carboxylic acids is 1. The fourth-order valence-corrected chi connectivity index (χ4v) is 2.54. The van der Waals surface area contributed by atoms with Crippen LogP contribution < -0.4 is 5.32 Å². The van der Waals surface area contributed by atoms with Crippen molar-refractivity contribution >= 4 is 35.5 Å². The Hall–Kier alpha value is -1.59. The van der Waals surface area contributed by atoms with Gasteiger partial charge in [0.2, 0.25) is 0 Å². The van der Waals surface area contributed by atoms with Crippen molar-refractivity contribution in [3.05, 3.63) is 46.6 Å². The van der Waals surface area contributed by atoms with Crippen LogP contribution in [0, 0.1) is 0 Å². The number of hydrogen-bond acceptors (Lipinski definition) is 5. The predicted octanol–water partition coefficient (Wildman–Crippen LogP) is 3.22. The summed E-state index contributed by atoms with van der Waals surface area (Å²) >= 11 is 7.63. The van der Waals surface area contributed by atoms with Gasteiger partial charge in [0.05, 0.1) is 5.92 Å². The van der Waals surface area contributed by atoms with E-state index in [1.807, 2.05) is 24.5 Å². The first kappa shape index (κ1) is 14.8. The number of aromatic nitrogens is 2. The molecule has 0 saturated carbocycles. The Labute approximate surface area is 127 Å². The fourth-order valence-electron chi connectivity index (χ4n) is 1.94. The van der Waals surface area contributed by atoms with Crippen molar-refractivity contribution in [3.63, 3.8) is 0 Å². The fraction of sp³-hybridized carbons (Fsp3) is 0.214. The monoisotopic (exact) mass is 307 g/mol. The second kappa shape index (κ2) is 6.72. The van der Waals surface area contributed by atoms with Gasteiger partial charge in [0.15, 0.2) is 5.16 Å². The molecule has 1 heterocycles. The van der Waals surface area contributed by atoms with Gasteiger partial charge in [0, 0.05) is 23.8 Å². The molecule has 0 fully saturated rings. The number of anilines is 1. The summed E-state index contributed by atoms with van der Waals surface area (Å²) in [6, 6.07) is 7.29. The summed E-state index contributed by atoms with van der Waals surface area (Å²) in [5.41, 5.74) is 1.47. The van der Waals surface area contributed by atoms with E-state index in [1.165, 1.54) is 11.8 Å². The molecule has 0 bridgehead atoms. The zero-order valence-corrected chi connectivity index (χ0v) is 12.7. The molecule has 1 aromatic heterocycles. The lowest BCUT2D eigenvalue weighted by Gasteiger charge is -2.16. The van der Waals surface area contributed by atoms with Crippen LogP contribution in [0.2, 0.25) is 5.02 Å². The van der Waals surface area contributed by atoms with E-state index in [9.17, 15) is 4.79 Å². The molecule has 1 unspecified atom stereocenters. The molecular weight excluding hydrogens is 294 g/mol. The van der Waals surface area contributed by atoms with Gasteiger partial charge < -0.3 is 10.1 Å². The molecular formula is C14H14ClN3OS. The number of thioether (sulfide) groups is 1. The Morgan fingerprint density at radius 1 is 1.35 bits per heavy atom. The normalized spacial score (nSPS) is 11.9. The van der Waals surface area contributed by atoms with E-state index < -0.39 is 5.92 Å². The van der Waals surface area contributed by atoms with E-state index in [4.69, 9.17) is 11.6 Å².